The molecule has 5 nitrogen and oxygen atoms in total. The lowest BCUT2D eigenvalue weighted by atomic mass is 10.2. The molecule has 0 aromatic carbocycles. The molecule has 2 heterocycles. The van der Waals surface area contributed by atoms with E-state index in [0.29, 0.717) is 13.0 Å². The number of aromatic nitrogens is 2. The number of nitriles is 1. The summed E-state index contributed by atoms with van der Waals surface area (Å²) in [6.07, 6.45) is 4.29. The highest BCUT2D eigenvalue weighted by molar-refractivity contribution is 5.38. The second-order valence-electron chi connectivity index (χ2n) is 4.13. The molecule has 1 saturated heterocycles. The molecule has 0 aliphatic carbocycles. The average Bonchev–Trinajstić information content (AvgIpc) is 2.90. The third-order valence-corrected chi connectivity index (χ3v) is 2.88. The molecule has 0 N–H and O–H groups in total. The SMILES string of the molecule is CN(CCC#N)c1cc(C2CCCO2)ncn1. The standard InChI is InChI=1S/C12H16N4O/c1-16(6-3-5-13)12-8-10(14-9-15-12)11-4-2-7-17-11/h8-9,11H,2-4,6-7H2,1H3. The summed E-state index contributed by atoms with van der Waals surface area (Å²) in [5.74, 6) is 0.848. The van der Waals surface area contributed by atoms with Gasteiger partial charge in [-0.2, -0.15) is 5.26 Å². The molecule has 1 aliphatic rings. The number of ether oxygens (including phenoxy) is 1. The number of anilines is 1. The van der Waals surface area contributed by atoms with Crippen LogP contribution in [0.4, 0.5) is 5.82 Å². The Balaban J connectivity index is 2.08. The van der Waals surface area contributed by atoms with Crippen molar-refractivity contribution in [2.24, 2.45) is 0 Å². The van der Waals surface area contributed by atoms with Gasteiger partial charge in [0.25, 0.3) is 0 Å². The van der Waals surface area contributed by atoms with Gasteiger partial charge in [0, 0.05) is 26.3 Å². The quantitative estimate of drug-likeness (QED) is 0.790. The molecule has 5 heteroatoms. The Morgan fingerprint density at radius 3 is 3.18 bits per heavy atom. The molecule has 17 heavy (non-hydrogen) atoms. The fourth-order valence-electron chi connectivity index (χ4n) is 1.89. The number of rotatable bonds is 4. The lowest BCUT2D eigenvalue weighted by molar-refractivity contribution is 0.108. The van der Waals surface area contributed by atoms with Crippen LogP contribution in [-0.2, 0) is 4.74 Å². The molecule has 0 spiro atoms. The van der Waals surface area contributed by atoms with Gasteiger partial charge in [-0.1, -0.05) is 0 Å². The van der Waals surface area contributed by atoms with Crippen LogP contribution in [0.2, 0.25) is 0 Å². The first-order valence-electron chi connectivity index (χ1n) is 5.83. The number of hydrogen-bond acceptors (Lipinski definition) is 5. The van der Waals surface area contributed by atoms with E-state index in [-0.39, 0.29) is 6.10 Å². The minimum atomic E-state index is 0.112. The van der Waals surface area contributed by atoms with Gasteiger partial charge in [0.05, 0.1) is 24.3 Å². The molecule has 2 rings (SSSR count). The molecule has 0 bridgehead atoms. The van der Waals surface area contributed by atoms with Crippen LogP contribution in [0.25, 0.3) is 0 Å². The summed E-state index contributed by atoms with van der Waals surface area (Å²) in [5.41, 5.74) is 0.941. The van der Waals surface area contributed by atoms with Crippen LogP contribution in [-0.4, -0.2) is 30.2 Å². The van der Waals surface area contributed by atoms with Gasteiger partial charge in [-0.25, -0.2) is 9.97 Å². The first kappa shape index (κ1) is 11.8. The average molecular weight is 232 g/mol. The van der Waals surface area contributed by atoms with Gasteiger partial charge in [-0.05, 0) is 12.8 Å². The normalized spacial score (nSPS) is 18.9. The van der Waals surface area contributed by atoms with Crippen molar-refractivity contribution in [3.63, 3.8) is 0 Å². The van der Waals surface area contributed by atoms with Crippen LogP contribution >= 0.6 is 0 Å². The number of nitrogens with zero attached hydrogens (tertiary/aromatic N) is 4. The third kappa shape index (κ3) is 2.92. The molecule has 1 fully saturated rings. The van der Waals surface area contributed by atoms with E-state index < -0.39 is 0 Å². The van der Waals surface area contributed by atoms with E-state index in [1.165, 1.54) is 0 Å². The minimum Gasteiger partial charge on any atom is -0.372 e. The maximum atomic E-state index is 8.56. The second-order valence-corrected chi connectivity index (χ2v) is 4.13. The van der Waals surface area contributed by atoms with Crippen LogP contribution in [0.5, 0.6) is 0 Å². The summed E-state index contributed by atoms with van der Waals surface area (Å²) < 4.78 is 5.59. The van der Waals surface area contributed by atoms with Crippen LogP contribution in [0, 0.1) is 11.3 Å². The van der Waals surface area contributed by atoms with Crippen molar-refractivity contribution in [1.82, 2.24) is 9.97 Å². The summed E-state index contributed by atoms with van der Waals surface area (Å²) >= 11 is 0. The van der Waals surface area contributed by atoms with Crippen molar-refractivity contribution in [3.05, 3.63) is 18.1 Å². The van der Waals surface area contributed by atoms with Gasteiger partial charge < -0.3 is 9.64 Å². The van der Waals surface area contributed by atoms with E-state index in [2.05, 4.69) is 16.0 Å². The van der Waals surface area contributed by atoms with Gasteiger partial charge in [-0.15, -0.1) is 0 Å². The fraction of sp³-hybridized carbons (Fsp3) is 0.583. The van der Waals surface area contributed by atoms with Crippen molar-refractivity contribution in [2.75, 3.05) is 25.1 Å². The van der Waals surface area contributed by atoms with Crippen molar-refractivity contribution >= 4 is 5.82 Å². The maximum absolute atomic E-state index is 8.56. The van der Waals surface area contributed by atoms with Crippen molar-refractivity contribution in [3.8, 4) is 6.07 Å². The first-order chi connectivity index (χ1) is 8.31. The van der Waals surface area contributed by atoms with Crippen LogP contribution in [0.1, 0.15) is 31.1 Å². The molecule has 1 aliphatic heterocycles. The smallest absolute Gasteiger partial charge is 0.132 e. The Morgan fingerprint density at radius 1 is 1.59 bits per heavy atom. The lowest BCUT2D eigenvalue weighted by Gasteiger charge is -2.17. The van der Waals surface area contributed by atoms with Gasteiger partial charge in [0.1, 0.15) is 12.1 Å². The maximum Gasteiger partial charge on any atom is 0.132 e. The second kappa shape index (κ2) is 5.60. The van der Waals surface area contributed by atoms with Crippen molar-refractivity contribution < 1.29 is 4.74 Å². The van der Waals surface area contributed by atoms with E-state index in [1.807, 2.05) is 18.0 Å². The zero-order chi connectivity index (χ0) is 12.1. The Hall–Kier alpha value is -1.67. The predicted molar refractivity (Wildman–Crippen MR) is 63.5 cm³/mol. The zero-order valence-corrected chi connectivity index (χ0v) is 9.96. The molecule has 1 aromatic rings. The van der Waals surface area contributed by atoms with Crippen LogP contribution in [0.3, 0.4) is 0 Å². The summed E-state index contributed by atoms with van der Waals surface area (Å²) in [6.45, 7) is 1.49. The van der Waals surface area contributed by atoms with Gasteiger partial charge in [0.15, 0.2) is 0 Å². The molecule has 0 radical (unpaired) electrons. The fourth-order valence-corrected chi connectivity index (χ4v) is 1.89. The van der Waals surface area contributed by atoms with E-state index in [1.54, 1.807) is 6.33 Å². The topological polar surface area (TPSA) is 62.0 Å². The molecular formula is C12H16N4O. The zero-order valence-electron chi connectivity index (χ0n) is 9.96. The summed E-state index contributed by atoms with van der Waals surface area (Å²) in [6, 6.07) is 4.08. The highest BCUT2D eigenvalue weighted by atomic mass is 16.5. The minimum absolute atomic E-state index is 0.112. The highest BCUT2D eigenvalue weighted by Crippen LogP contribution is 2.28. The Bertz CT molecular complexity index is 409. The highest BCUT2D eigenvalue weighted by Gasteiger charge is 2.19. The van der Waals surface area contributed by atoms with Crippen LogP contribution < -0.4 is 4.90 Å². The largest absolute Gasteiger partial charge is 0.372 e. The summed E-state index contributed by atoms with van der Waals surface area (Å²) in [7, 11) is 1.93. The lowest BCUT2D eigenvalue weighted by Crippen LogP contribution is -2.20. The molecule has 0 amide bonds. The van der Waals surface area contributed by atoms with E-state index in [4.69, 9.17) is 10.00 Å². The molecule has 90 valence electrons. The summed E-state index contributed by atoms with van der Waals surface area (Å²) in [5, 5.41) is 8.56. The Kier molecular flexibility index (Phi) is 3.89. The third-order valence-electron chi connectivity index (χ3n) is 2.88. The van der Waals surface area contributed by atoms with E-state index in [9.17, 15) is 0 Å². The molecular weight excluding hydrogens is 216 g/mol. The Labute approximate surface area is 101 Å². The van der Waals surface area contributed by atoms with Gasteiger partial charge in [-0.3, -0.25) is 0 Å². The predicted octanol–water partition coefficient (Wildman–Crippen LogP) is 1.68. The van der Waals surface area contributed by atoms with Crippen molar-refractivity contribution in [1.29, 1.82) is 5.26 Å². The van der Waals surface area contributed by atoms with Gasteiger partial charge >= 0.3 is 0 Å². The molecule has 1 atom stereocenters. The van der Waals surface area contributed by atoms with E-state index in [0.717, 1.165) is 31.0 Å². The van der Waals surface area contributed by atoms with E-state index >= 15 is 0 Å². The first-order valence-corrected chi connectivity index (χ1v) is 5.83. The van der Waals surface area contributed by atoms with Gasteiger partial charge in [0.2, 0.25) is 0 Å². The van der Waals surface area contributed by atoms with Crippen molar-refractivity contribution in [2.45, 2.75) is 25.4 Å². The molecule has 1 unspecified atom stereocenters. The monoisotopic (exact) mass is 232 g/mol. The number of hydrogen-bond donors (Lipinski definition) is 0. The Morgan fingerprint density at radius 2 is 2.47 bits per heavy atom. The molecule has 1 aromatic heterocycles. The summed E-state index contributed by atoms with van der Waals surface area (Å²) in [4.78, 5) is 10.4. The van der Waals surface area contributed by atoms with Crippen LogP contribution in [0.15, 0.2) is 12.4 Å². The molecule has 0 saturated carbocycles.